The van der Waals surface area contributed by atoms with Crippen LogP contribution in [-0.4, -0.2) is 62.2 Å². The number of ether oxygens (including phenoxy) is 2. The molecule has 2 bridgehead atoms. The second-order valence-corrected chi connectivity index (χ2v) is 9.52. The first-order valence-electron chi connectivity index (χ1n) is 12.5. The first kappa shape index (κ1) is 23.8. The van der Waals surface area contributed by atoms with Gasteiger partial charge in [0.15, 0.2) is 0 Å². The van der Waals surface area contributed by atoms with Crippen molar-refractivity contribution < 1.29 is 14.3 Å². The van der Waals surface area contributed by atoms with Crippen molar-refractivity contribution in [3.63, 3.8) is 0 Å². The number of likely N-dealkylation sites (tertiary alicyclic amines) is 1. The SMILES string of the molecule is CCc1ccc2c(c1)Cc1cccc(c1)CN(C(=O)CC1CCN(C)CC1)CCOCCO2. The molecule has 178 valence electrons. The molecule has 2 aliphatic rings. The van der Waals surface area contributed by atoms with E-state index in [0.29, 0.717) is 45.2 Å². The van der Waals surface area contributed by atoms with Crippen LogP contribution in [0, 0.1) is 5.92 Å². The number of hydrogen-bond acceptors (Lipinski definition) is 4. The molecule has 2 aromatic rings. The van der Waals surface area contributed by atoms with Gasteiger partial charge in [-0.05, 0) is 73.6 Å². The zero-order valence-corrected chi connectivity index (χ0v) is 20.2. The number of piperidine rings is 1. The van der Waals surface area contributed by atoms with Gasteiger partial charge in [0.25, 0.3) is 0 Å². The number of fused-ring (bicyclic) bond motifs is 3. The minimum Gasteiger partial charge on any atom is -0.491 e. The molecule has 5 heteroatoms. The van der Waals surface area contributed by atoms with Crippen LogP contribution in [0.5, 0.6) is 5.75 Å². The standard InChI is InChI=1S/C28H38N2O3/c1-3-22-7-8-27-26(18-22)19-24-5-4-6-25(17-24)21-30(13-14-32-15-16-33-27)28(31)20-23-9-11-29(2)12-10-23/h4-8,17-18,23H,3,9-16,19-21H2,1-2H3. The molecule has 2 aliphatic heterocycles. The van der Waals surface area contributed by atoms with E-state index >= 15 is 0 Å². The van der Waals surface area contributed by atoms with Crippen LogP contribution < -0.4 is 4.74 Å². The number of amides is 1. The van der Waals surface area contributed by atoms with Crippen molar-refractivity contribution in [3.8, 4) is 5.75 Å². The Bertz CT molecular complexity index is 921. The summed E-state index contributed by atoms with van der Waals surface area (Å²) in [5, 5.41) is 0. The second-order valence-electron chi connectivity index (χ2n) is 9.52. The highest BCUT2D eigenvalue weighted by Gasteiger charge is 2.23. The molecular weight excluding hydrogens is 412 g/mol. The van der Waals surface area contributed by atoms with E-state index in [9.17, 15) is 4.79 Å². The summed E-state index contributed by atoms with van der Waals surface area (Å²) in [5.41, 5.74) is 4.95. The quantitative estimate of drug-likeness (QED) is 0.699. The predicted molar refractivity (Wildman–Crippen MR) is 132 cm³/mol. The monoisotopic (exact) mass is 450 g/mol. The summed E-state index contributed by atoms with van der Waals surface area (Å²) in [4.78, 5) is 17.6. The summed E-state index contributed by atoms with van der Waals surface area (Å²) >= 11 is 0. The average Bonchev–Trinajstić information content (AvgIpc) is 2.82. The molecule has 1 amide bonds. The summed E-state index contributed by atoms with van der Waals surface area (Å²) in [6.45, 7) is 7.18. The predicted octanol–water partition coefficient (Wildman–Crippen LogP) is 4.31. The van der Waals surface area contributed by atoms with Gasteiger partial charge in [-0.25, -0.2) is 0 Å². The highest BCUT2D eigenvalue weighted by molar-refractivity contribution is 5.76. The third-order valence-electron chi connectivity index (χ3n) is 6.94. The van der Waals surface area contributed by atoms with Crippen molar-refractivity contribution in [2.75, 3.05) is 46.5 Å². The van der Waals surface area contributed by atoms with E-state index < -0.39 is 0 Å². The summed E-state index contributed by atoms with van der Waals surface area (Å²) in [7, 11) is 2.16. The number of rotatable bonds is 3. The Morgan fingerprint density at radius 1 is 1.00 bits per heavy atom. The van der Waals surface area contributed by atoms with Crippen LogP contribution in [0.4, 0.5) is 0 Å². The minimum atomic E-state index is 0.250. The molecule has 0 spiro atoms. The number of aryl methyl sites for hydroxylation is 1. The highest BCUT2D eigenvalue weighted by Crippen LogP contribution is 2.25. The van der Waals surface area contributed by atoms with Gasteiger partial charge in [-0.3, -0.25) is 4.79 Å². The van der Waals surface area contributed by atoms with Gasteiger partial charge in [0.2, 0.25) is 5.91 Å². The molecule has 5 nitrogen and oxygen atoms in total. The molecule has 2 heterocycles. The molecule has 33 heavy (non-hydrogen) atoms. The van der Waals surface area contributed by atoms with E-state index in [0.717, 1.165) is 44.5 Å². The van der Waals surface area contributed by atoms with Crippen LogP contribution in [0.25, 0.3) is 0 Å². The lowest BCUT2D eigenvalue weighted by Crippen LogP contribution is -2.37. The lowest BCUT2D eigenvalue weighted by Gasteiger charge is -2.31. The Labute approximate surface area is 198 Å². The van der Waals surface area contributed by atoms with Crippen molar-refractivity contribution in [1.29, 1.82) is 0 Å². The van der Waals surface area contributed by atoms with Crippen LogP contribution in [0.2, 0.25) is 0 Å². The minimum absolute atomic E-state index is 0.250. The van der Waals surface area contributed by atoms with E-state index in [2.05, 4.69) is 61.3 Å². The van der Waals surface area contributed by atoms with Gasteiger partial charge < -0.3 is 19.3 Å². The van der Waals surface area contributed by atoms with Crippen LogP contribution in [0.1, 0.15) is 48.4 Å². The summed E-state index contributed by atoms with van der Waals surface area (Å²) in [6.07, 6.45) is 4.69. The Kier molecular flexibility index (Phi) is 8.40. The van der Waals surface area contributed by atoms with Crippen molar-refractivity contribution >= 4 is 5.91 Å². The van der Waals surface area contributed by atoms with Gasteiger partial charge in [0, 0.05) is 25.9 Å². The number of benzene rings is 2. The molecule has 0 unspecified atom stereocenters. The third kappa shape index (κ3) is 6.81. The molecule has 0 N–H and O–H groups in total. The normalized spacial score (nSPS) is 18.8. The largest absolute Gasteiger partial charge is 0.491 e. The van der Waals surface area contributed by atoms with E-state index in [1.807, 2.05) is 4.90 Å². The Hall–Kier alpha value is -2.37. The molecule has 0 aliphatic carbocycles. The van der Waals surface area contributed by atoms with E-state index in [-0.39, 0.29) is 5.91 Å². The maximum atomic E-state index is 13.2. The number of carbonyl (C=O) groups is 1. The van der Waals surface area contributed by atoms with Crippen molar-refractivity contribution in [3.05, 3.63) is 64.7 Å². The van der Waals surface area contributed by atoms with Crippen molar-refractivity contribution in [1.82, 2.24) is 9.80 Å². The van der Waals surface area contributed by atoms with Crippen LogP contribution in [-0.2, 0) is 28.9 Å². The zero-order chi connectivity index (χ0) is 23.0. The topological polar surface area (TPSA) is 42.0 Å². The summed E-state index contributed by atoms with van der Waals surface area (Å²) in [6, 6.07) is 15.1. The van der Waals surface area contributed by atoms with E-state index in [1.54, 1.807) is 0 Å². The third-order valence-corrected chi connectivity index (χ3v) is 6.94. The molecule has 0 aromatic heterocycles. The van der Waals surface area contributed by atoms with Crippen molar-refractivity contribution in [2.45, 2.75) is 45.6 Å². The fourth-order valence-electron chi connectivity index (χ4n) is 4.83. The summed E-state index contributed by atoms with van der Waals surface area (Å²) in [5.74, 6) is 1.68. The molecule has 0 atom stereocenters. The van der Waals surface area contributed by atoms with E-state index in [4.69, 9.17) is 9.47 Å². The number of carbonyl (C=O) groups excluding carboxylic acids is 1. The van der Waals surface area contributed by atoms with Crippen LogP contribution in [0.3, 0.4) is 0 Å². The first-order valence-corrected chi connectivity index (χ1v) is 12.5. The van der Waals surface area contributed by atoms with Crippen LogP contribution in [0.15, 0.2) is 42.5 Å². The van der Waals surface area contributed by atoms with Crippen molar-refractivity contribution in [2.24, 2.45) is 5.92 Å². The maximum absolute atomic E-state index is 13.2. The fraction of sp³-hybridized carbons (Fsp3) is 0.536. The van der Waals surface area contributed by atoms with Gasteiger partial charge in [0.1, 0.15) is 12.4 Å². The lowest BCUT2D eigenvalue weighted by molar-refractivity contribution is -0.134. The van der Waals surface area contributed by atoms with Crippen LogP contribution >= 0.6 is 0 Å². The number of hydrogen-bond donors (Lipinski definition) is 0. The Morgan fingerprint density at radius 3 is 2.64 bits per heavy atom. The van der Waals surface area contributed by atoms with Gasteiger partial charge in [-0.2, -0.15) is 0 Å². The van der Waals surface area contributed by atoms with Gasteiger partial charge in [0.05, 0.1) is 13.2 Å². The summed E-state index contributed by atoms with van der Waals surface area (Å²) < 4.78 is 11.9. The molecule has 1 saturated heterocycles. The molecule has 2 aromatic carbocycles. The van der Waals surface area contributed by atoms with Gasteiger partial charge >= 0.3 is 0 Å². The zero-order valence-electron chi connectivity index (χ0n) is 20.2. The Balaban J connectivity index is 1.51. The first-order chi connectivity index (χ1) is 16.1. The molecule has 0 radical (unpaired) electrons. The smallest absolute Gasteiger partial charge is 0.223 e. The average molecular weight is 451 g/mol. The maximum Gasteiger partial charge on any atom is 0.223 e. The van der Waals surface area contributed by atoms with Gasteiger partial charge in [-0.1, -0.05) is 43.3 Å². The number of nitrogens with zero attached hydrogens (tertiary/aromatic N) is 2. The lowest BCUT2D eigenvalue weighted by atomic mass is 9.93. The molecule has 4 rings (SSSR count). The fourth-order valence-corrected chi connectivity index (χ4v) is 4.83. The molecule has 1 fully saturated rings. The second kappa shape index (κ2) is 11.7. The highest BCUT2D eigenvalue weighted by atomic mass is 16.5. The molecular formula is C28H38N2O3. The Morgan fingerprint density at radius 2 is 1.82 bits per heavy atom. The van der Waals surface area contributed by atoms with Gasteiger partial charge in [-0.15, -0.1) is 0 Å². The molecule has 0 saturated carbocycles. The van der Waals surface area contributed by atoms with E-state index in [1.165, 1.54) is 22.3 Å².